The smallest absolute Gasteiger partial charge is 0.329 e. The van der Waals surface area contributed by atoms with Gasteiger partial charge in [-0.05, 0) is 28.8 Å². The Balaban J connectivity index is 2.21. The third-order valence-corrected chi connectivity index (χ3v) is 3.45. The third-order valence-electron chi connectivity index (χ3n) is 2.71. The van der Waals surface area contributed by atoms with Crippen LogP contribution in [-0.2, 0) is 19.5 Å². The first-order chi connectivity index (χ1) is 8.72. The predicted octanol–water partition coefficient (Wildman–Crippen LogP) is 0.273. The molecule has 0 fully saturated rings. The van der Waals surface area contributed by atoms with E-state index in [-0.39, 0.29) is 24.3 Å². The second-order valence-corrected chi connectivity index (χ2v) is 4.73. The maximum atomic E-state index is 12.0. The standard InChI is InChI=1S/C12H15N3O2S/c13-4-7-15-11(16)2-6-14(12(15)17)5-1-10-3-8-18-9-10/h2-3,6,8-9H,1,4-5,7,13H2. The van der Waals surface area contributed by atoms with Crippen LogP contribution >= 0.6 is 11.3 Å². The van der Waals surface area contributed by atoms with Gasteiger partial charge < -0.3 is 10.3 Å². The first-order valence-corrected chi connectivity index (χ1v) is 6.68. The first kappa shape index (κ1) is 12.8. The van der Waals surface area contributed by atoms with Crippen LogP contribution in [0.1, 0.15) is 5.56 Å². The van der Waals surface area contributed by atoms with Gasteiger partial charge in [0.1, 0.15) is 0 Å². The van der Waals surface area contributed by atoms with Crippen LogP contribution < -0.4 is 17.0 Å². The van der Waals surface area contributed by atoms with Crippen molar-refractivity contribution < 1.29 is 0 Å². The molecule has 2 N–H and O–H groups in total. The van der Waals surface area contributed by atoms with Crippen LogP contribution in [0.3, 0.4) is 0 Å². The van der Waals surface area contributed by atoms with E-state index in [1.54, 1.807) is 22.1 Å². The molecular weight excluding hydrogens is 250 g/mol. The Labute approximate surface area is 108 Å². The molecule has 2 aromatic heterocycles. The van der Waals surface area contributed by atoms with Crippen molar-refractivity contribution in [1.29, 1.82) is 0 Å². The molecule has 0 saturated carbocycles. The van der Waals surface area contributed by atoms with Crippen LogP contribution in [0.25, 0.3) is 0 Å². The quantitative estimate of drug-likeness (QED) is 0.843. The molecule has 0 radical (unpaired) electrons. The summed E-state index contributed by atoms with van der Waals surface area (Å²) in [6.07, 6.45) is 2.33. The zero-order valence-electron chi connectivity index (χ0n) is 9.91. The number of nitrogens with zero attached hydrogens (tertiary/aromatic N) is 2. The molecule has 0 atom stereocenters. The molecule has 0 spiro atoms. The lowest BCUT2D eigenvalue weighted by molar-refractivity contribution is 0.555. The van der Waals surface area contributed by atoms with E-state index in [1.165, 1.54) is 16.2 Å². The van der Waals surface area contributed by atoms with Crippen molar-refractivity contribution in [2.75, 3.05) is 6.54 Å². The van der Waals surface area contributed by atoms with Crippen molar-refractivity contribution in [2.45, 2.75) is 19.5 Å². The molecule has 2 aromatic rings. The minimum absolute atomic E-state index is 0.261. The summed E-state index contributed by atoms with van der Waals surface area (Å²) >= 11 is 1.63. The molecule has 5 nitrogen and oxygen atoms in total. The molecule has 0 aromatic carbocycles. The van der Waals surface area contributed by atoms with Crippen LogP contribution in [0.5, 0.6) is 0 Å². The topological polar surface area (TPSA) is 70.0 Å². The minimum atomic E-state index is -0.294. The Kier molecular flexibility index (Phi) is 4.11. The lowest BCUT2D eigenvalue weighted by Crippen LogP contribution is -2.40. The van der Waals surface area contributed by atoms with Gasteiger partial charge in [0.2, 0.25) is 0 Å². The normalized spacial score (nSPS) is 10.7. The number of rotatable bonds is 5. The van der Waals surface area contributed by atoms with Crippen molar-refractivity contribution in [2.24, 2.45) is 5.73 Å². The zero-order valence-corrected chi connectivity index (χ0v) is 10.7. The van der Waals surface area contributed by atoms with Crippen LogP contribution in [0.2, 0.25) is 0 Å². The Hall–Kier alpha value is -1.66. The molecule has 2 rings (SSSR count). The number of aryl methyl sites for hydroxylation is 2. The lowest BCUT2D eigenvalue weighted by Gasteiger charge is -2.08. The Morgan fingerprint density at radius 1 is 1.22 bits per heavy atom. The van der Waals surface area contributed by atoms with Crippen molar-refractivity contribution in [3.63, 3.8) is 0 Å². The summed E-state index contributed by atoms with van der Waals surface area (Å²) in [4.78, 5) is 23.5. The van der Waals surface area contributed by atoms with Crippen LogP contribution in [-0.4, -0.2) is 15.7 Å². The van der Waals surface area contributed by atoms with Crippen molar-refractivity contribution in [3.8, 4) is 0 Å². The molecule has 0 unspecified atom stereocenters. The summed E-state index contributed by atoms with van der Waals surface area (Å²) in [6, 6.07) is 3.44. The monoisotopic (exact) mass is 265 g/mol. The molecule has 2 heterocycles. The van der Waals surface area contributed by atoms with Gasteiger partial charge in [-0.15, -0.1) is 0 Å². The maximum absolute atomic E-state index is 12.0. The van der Waals surface area contributed by atoms with Gasteiger partial charge in [0.25, 0.3) is 5.56 Å². The summed E-state index contributed by atoms with van der Waals surface area (Å²) in [5, 5.41) is 4.06. The highest BCUT2D eigenvalue weighted by Crippen LogP contribution is 2.06. The van der Waals surface area contributed by atoms with Crippen molar-refractivity contribution in [3.05, 3.63) is 55.5 Å². The average molecular weight is 265 g/mol. The van der Waals surface area contributed by atoms with Crippen LogP contribution in [0.15, 0.2) is 38.7 Å². The van der Waals surface area contributed by atoms with Crippen LogP contribution in [0.4, 0.5) is 0 Å². The molecule has 0 amide bonds. The molecule has 0 saturated heterocycles. The van der Waals surface area contributed by atoms with Gasteiger partial charge in [0.15, 0.2) is 0 Å². The van der Waals surface area contributed by atoms with Gasteiger partial charge in [0.05, 0.1) is 0 Å². The molecule has 18 heavy (non-hydrogen) atoms. The fraction of sp³-hybridized carbons (Fsp3) is 0.333. The summed E-state index contributed by atoms with van der Waals surface area (Å²) < 4.78 is 2.72. The molecule has 0 aliphatic rings. The lowest BCUT2D eigenvalue weighted by atomic mass is 10.2. The largest absolute Gasteiger partial charge is 0.331 e. The molecule has 0 aliphatic carbocycles. The average Bonchev–Trinajstić information content (AvgIpc) is 2.86. The fourth-order valence-electron chi connectivity index (χ4n) is 1.75. The van der Waals surface area contributed by atoms with E-state index < -0.39 is 0 Å². The third kappa shape index (κ3) is 2.77. The van der Waals surface area contributed by atoms with E-state index in [2.05, 4.69) is 5.38 Å². The van der Waals surface area contributed by atoms with Gasteiger partial charge in [0, 0.05) is 31.9 Å². The molecular formula is C12H15N3O2S. The molecule has 0 aliphatic heterocycles. The number of aromatic nitrogens is 2. The van der Waals surface area contributed by atoms with Gasteiger partial charge in [-0.1, -0.05) is 0 Å². The molecule has 96 valence electrons. The molecule has 6 heteroatoms. The van der Waals surface area contributed by atoms with Gasteiger partial charge in [-0.25, -0.2) is 4.79 Å². The van der Waals surface area contributed by atoms with E-state index in [4.69, 9.17) is 5.73 Å². The highest BCUT2D eigenvalue weighted by molar-refractivity contribution is 7.07. The summed E-state index contributed by atoms with van der Waals surface area (Å²) in [5.74, 6) is 0. The number of hydrogen-bond acceptors (Lipinski definition) is 4. The SMILES string of the molecule is NCCn1c(=O)ccn(CCc2ccsc2)c1=O. The highest BCUT2D eigenvalue weighted by atomic mass is 32.1. The Bertz CT molecular complexity index is 613. The van der Waals surface area contributed by atoms with E-state index in [0.29, 0.717) is 6.54 Å². The number of nitrogens with two attached hydrogens (primary N) is 1. The first-order valence-electron chi connectivity index (χ1n) is 5.74. The zero-order chi connectivity index (χ0) is 13.0. The van der Waals surface area contributed by atoms with Crippen LogP contribution in [0, 0.1) is 0 Å². The van der Waals surface area contributed by atoms with E-state index in [0.717, 1.165) is 6.42 Å². The minimum Gasteiger partial charge on any atom is -0.329 e. The predicted molar refractivity (Wildman–Crippen MR) is 72.0 cm³/mol. The maximum Gasteiger partial charge on any atom is 0.331 e. The second-order valence-electron chi connectivity index (χ2n) is 3.95. The number of thiophene rings is 1. The highest BCUT2D eigenvalue weighted by Gasteiger charge is 2.04. The summed E-state index contributed by atoms with van der Waals surface area (Å²) in [7, 11) is 0. The second kappa shape index (κ2) is 5.79. The fourth-order valence-corrected chi connectivity index (χ4v) is 2.45. The Morgan fingerprint density at radius 2 is 2.06 bits per heavy atom. The summed E-state index contributed by atoms with van der Waals surface area (Å²) in [6.45, 7) is 1.11. The van der Waals surface area contributed by atoms with Crippen molar-refractivity contribution >= 4 is 11.3 Å². The van der Waals surface area contributed by atoms with Gasteiger partial charge in [-0.3, -0.25) is 9.36 Å². The van der Waals surface area contributed by atoms with Crippen molar-refractivity contribution in [1.82, 2.24) is 9.13 Å². The summed E-state index contributed by atoms with van der Waals surface area (Å²) in [5.41, 5.74) is 6.01. The van der Waals surface area contributed by atoms with E-state index in [1.807, 2.05) is 11.4 Å². The van der Waals surface area contributed by atoms with E-state index in [9.17, 15) is 9.59 Å². The van der Waals surface area contributed by atoms with Gasteiger partial charge in [-0.2, -0.15) is 11.3 Å². The molecule has 0 bridgehead atoms. The van der Waals surface area contributed by atoms with Gasteiger partial charge >= 0.3 is 5.69 Å². The Morgan fingerprint density at radius 3 is 2.72 bits per heavy atom. The number of hydrogen-bond donors (Lipinski definition) is 1. The van der Waals surface area contributed by atoms with E-state index >= 15 is 0 Å².